The van der Waals surface area contributed by atoms with E-state index in [-0.39, 0.29) is 17.6 Å². The number of aromatic nitrogens is 4. The van der Waals surface area contributed by atoms with Gasteiger partial charge in [0.2, 0.25) is 0 Å². The van der Waals surface area contributed by atoms with Crippen LogP contribution in [0.15, 0.2) is 72.5 Å². The fourth-order valence-electron chi connectivity index (χ4n) is 5.49. The summed E-state index contributed by atoms with van der Waals surface area (Å²) >= 11 is 0. The molecule has 38 heavy (non-hydrogen) atoms. The minimum Gasteiger partial charge on any atom is -0.444 e. The summed E-state index contributed by atoms with van der Waals surface area (Å²) < 4.78 is 7.41. The third kappa shape index (κ3) is 4.46. The molecule has 4 aromatic rings. The SMILES string of the molecule is Cc1cc2ncc3cc(-c4ccccc4)c(C4C=CC(C5(NC(=O)OC(C)(C)C)CCC5)=CC4)nc3n2n1. The second kappa shape index (κ2) is 9.08. The second-order valence-electron chi connectivity index (χ2n) is 11.4. The number of carbonyl (C=O) groups is 1. The highest BCUT2D eigenvalue weighted by atomic mass is 16.6. The Kier molecular flexibility index (Phi) is 5.82. The predicted molar refractivity (Wildman–Crippen MR) is 149 cm³/mol. The fraction of sp³-hybridized carbons (Fsp3) is 0.355. The molecule has 3 aromatic heterocycles. The molecule has 1 aromatic carbocycles. The number of allylic oxidation sites excluding steroid dienone is 2. The Bertz CT molecular complexity index is 1590. The minimum absolute atomic E-state index is 0.0943. The highest BCUT2D eigenvalue weighted by Gasteiger charge is 2.42. The van der Waals surface area contributed by atoms with Gasteiger partial charge in [0.25, 0.3) is 0 Å². The number of amides is 1. The number of aryl methyl sites for hydroxylation is 1. The molecule has 1 amide bonds. The van der Waals surface area contributed by atoms with E-state index in [1.807, 2.05) is 50.5 Å². The summed E-state index contributed by atoms with van der Waals surface area (Å²) in [5.74, 6) is 0.0943. The largest absolute Gasteiger partial charge is 0.444 e. The van der Waals surface area contributed by atoms with Crippen molar-refractivity contribution in [2.45, 2.75) is 70.4 Å². The normalized spacial score (nSPS) is 18.7. The highest BCUT2D eigenvalue weighted by Crippen LogP contribution is 2.43. The molecule has 194 valence electrons. The number of pyridine rings is 1. The zero-order valence-electron chi connectivity index (χ0n) is 22.4. The number of rotatable bonds is 4. The lowest BCUT2D eigenvalue weighted by atomic mass is 9.69. The van der Waals surface area contributed by atoms with Gasteiger partial charge >= 0.3 is 6.09 Å². The Balaban J connectivity index is 1.36. The van der Waals surface area contributed by atoms with Gasteiger partial charge in [-0.2, -0.15) is 9.61 Å². The molecule has 6 rings (SSSR count). The summed E-state index contributed by atoms with van der Waals surface area (Å²) in [7, 11) is 0. The van der Waals surface area contributed by atoms with Crippen LogP contribution in [-0.4, -0.2) is 36.8 Å². The van der Waals surface area contributed by atoms with E-state index in [1.165, 1.54) is 0 Å². The standard InChI is InChI=1S/C31H33N5O2/c1-20-17-26-32-19-23-18-25(21-9-6-5-7-10-21)27(33-28(23)36(26)35-20)22-11-13-24(14-12-22)31(15-8-16-31)34-29(37)38-30(2,3)4/h5-7,9-11,13-14,17-19,22H,8,12,15-16H2,1-4H3,(H,34,37). The van der Waals surface area contributed by atoms with Gasteiger partial charge in [0.05, 0.1) is 16.9 Å². The Labute approximate surface area is 222 Å². The number of nitrogens with one attached hydrogen (secondary N) is 1. The molecule has 0 spiro atoms. The Hall–Kier alpha value is -4.00. The van der Waals surface area contributed by atoms with Gasteiger partial charge in [0, 0.05) is 29.1 Å². The zero-order valence-corrected chi connectivity index (χ0v) is 22.4. The lowest BCUT2D eigenvalue weighted by molar-refractivity contribution is 0.0424. The van der Waals surface area contributed by atoms with Crippen molar-refractivity contribution in [3.8, 4) is 11.1 Å². The topological polar surface area (TPSA) is 81.4 Å². The molecule has 0 aliphatic heterocycles. The lowest BCUT2D eigenvalue weighted by Gasteiger charge is -2.44. The van der Waals surface area contributed by atoms with Gasteiger partial charge in [0.1, 0.15) is 5.60 Å². The van der Waals surface area contributed by atoms with E-state index < -0.39 is 5.60 Å². The smallest absolute Gasteiger partial charge is 0.408 e. The molecule has 7 nitrogen and oxygen atoms in total. The van der Waals surface area contributed by atoms with E-state index in [1.54, 1.807) is 0 Å². The number of hydrogen-bond acceptors (Lipinski definition) is 5. The molecule has 1 unspecified atom stereocenters. The number of ether oxygens (including phenoxy) is 1. The first kappa shape index (κ1) is 24.3. The maximum Gasteiger partial charge on any atom is 0.408 e. The minimum atomic E-state index is -0.527. The molecule has 3 heterocycles. The molecule has 0 radical (unpaired) electrons. The summed E-state index contributed by atoms with van der Waals surface area (Å²) in [6.07, 6.45) is 11.9. The van der Waals surface area contributed by atoms with Gasteiger partial charge in [-0.3, -0.25) is 0 Å². The molecule has 0 saturated heterocycles. The van der Waals surface area contributed by atoms with Crippen molar-refractivity contribution >= 4 is 22.8 Å². The molecule has 1 N–H and O–H groups in total. The first-order valence-electron chi connectivity index (χ1n) is 13.3. The molecular weight excluding hydrogens is 474 g/mol. The van der Waals surface area contributed by atoms with E-state index >= 15 is 0 Å². The van der Waals surface area contributed by atoms with Gasteiger partial charge in [-0.05, 0) is 70.6 Å². The average Bonchev–Trinajstić information content (AvgIpc) is 3.26. The van der Waals surface area contributed by atoms with Crippen molar-refractivity contribution in [2.24, 2.45) is 0 Å². The maximum atomic E-state index is 12.6. The van der Waals surface area contributed by atoms with Crippen LogP contribution in [0.3, 0.4) is 0 Å². The van der Waals surface area contributed by atoms with E-state index in [0.29, 0.717) is 0 Å². The predicted octanol–water partition coefficient (Wildman–Crippen LogP) is 6.67. The lowest BCUT2D eigenvalue weighted by Crippen LogP contribution is -2.55. The van der Waals surface area contributed by atoms with Crippen LogP contribution in [0.1, 0.15) is 63.8 Å². The molecular formula is C31H33N5O2. The van der Waals surface area contributed by atoms with E-state index in [2.05, 4.69) is 64.0 Å². The molecule has 1 fully saturated rings. The quantitative estimate of drug-likeness (QED) is 0.334. The molecule has 0 bridgehead atoms. The van der Waals surface area contributed by atoms with Crippen molar-refractivity contribution in [3.63, 3.8) is 0 Å². The van der Waals surface area contributed by atoms with Crippen molar-refractivity contribution in [1.29, 1.82) is 0 Å². The van der Waals surface area contributed by atoms with Crippen LogP contribution in [0.2, 0.25) is 0 Å². The fourth-order valence-corrected chi connectivity index (χ4v) is 5.49. The molecule has 1 atom stereocenters. The molecule has 7 heteroatoms. The number of fused-ring (bicyclic) bond motifs is 3. The first-order valence-corrected chi connectivity index (χ1v) is 13.3. The summed E-state index contributed by atoms with van der Waals surface area (Å²) in [6, 6.07) is 14.5. The van der Waals surface area contributed by atoms with Gasteiger partial charge < -0.3 is 10.1 Å². The Morgan fingerprint density at radius 3 is 2.61 bits per heavy atom. The van der Waals surface area contributed by atoms with Crippen LogP contribution in [0.4, 0.5) is 4.79 Å². The Morgan fingerprint density at radius 2 is 1.95 bits per heavy atom. The average molecular weight is 508 g/mol. The summed E-state index contributed by atoms with van der Waals surface area (Å²) in [6.45, 7) is 7.64. The van der Waals surface area contributed by atoms with E-state index in [0.717, 1.165) is 70.5 Å². The number of nitrogens with zero attached hydrogens (tertiary/aromatic N) is 4. The van der Waals surface area contributed by atoms with Crippen LogP contribution in [-0.2, 0) is 4.74 Å². The number of hydrogen-bond donors (Lipinski definition) is 1. The highest BCUT2D eigenvalue weighted by molar-refractivity contribution is 5.84. The van der Waals surface area contributed by atoms with Gasteiger partial charge in [-0.15, -0.1) is 0 Å². The maximum absolute atomic E-state index is 12.6. The molecule has 2 aliphatic carbocycles. The van der Waals surface area contributed by atoms with Crippen molar-refractivity contribution in [1.82, 2.24) is 24.9 Å². The van der Waals surface area contributed by atoms with Crippen molar-refractivity contribution in [3.05, 3.63) is 83.9 Å². The van der Waals surface area contributed by atoms with Crippen LogP contribution >= 0.6 is 0 Å². The van der Waals surface area contributed by atoms with Crippen LogP contribution < -0.4 is 5.32 Å². The van der Waals surface area contributed by atoms with Crippen LogP contribution in [0.5, 0.6) is 0 Å². The van der Waals surface area contributed by atoms with Gasteiger partial charge in [0.15, 0.2) is 11.3 Å². The third-order valence-corrected chi connectivity index (χ3v) is 7.45. The van der Waals surface area contributed by atoms with E-state index in [4.69, 9.17) is 9.72 Å². The summed E-state index contributed by atoms with van der Waals surface area (Å²) in [5, 5.41) is 8.79. The molecule has 1 saturated carbocycles. The van der Waals surface area contributed by atoms with Crippen molar-refractivity contribution in [2.75, 3.05) is 0 Å². The zero-order chi connectivity index (χ0) is 26.5. The van der Waals surface area contributed by atoms with Crippen molar-refractivity contribution < 1.29 is 9.53 Å². The molecule has 2 aliphatic rings. The Morgan fingerprint density at radius 1 is 1.16 bits per heavy atom. The first-order chi connectivity index (χ1) is 18.2. The second-order valence-corrected chi connectivity index (χ2v) is 11.4. The monoisotopic (exact) mass is 507 g/mol. The van der Waals surface area contributed by atoms with Gasteiger partial charge in [-0.1, -0.05) is 48.6 Å². The number of alkyl carbamates (subject to hydrolysis) is 1. The summed E-state index contributed by atoms with van der Waals surface area (Å²) in [5.41, 5.74) is 6.02. The number of benzene rings is 1. The van der Waals surface area contributed by atoms with Crippen LogP contribution in [0.25, 0.3) is 27.8 Å². The number of carbonyl (C=O) groups excluding carboxylic acids is 1. The van der Waals surface area contributed by atoms with Crippen LogP contribution in [0, 0.1) is 6.92 Å². The van der Waals surface area contributed by atoms with E-state index in [9.17, 15) is 4.79 Å². The van der Waals surface area contributed by atoms with Gasteiger partial charge in [-0.25, -0.2) is 14.8 Å². The third-order valence-electron chi connectivity index (χ3n) is 7.45. The summed E-state index contributed by atoms with van der Waals surface area (Å²) in [4.78, 5) is 22.4.